The Morgan fingerprint density at radius 1 is 1.14 bits per heavy atom. The Morgan fingerprint density at radius 2 is 1.73 bits per heavy atom. The van der Waals surface area contributed by atoms with Crippen LogP contribution < -0.4 is 4.31 Å². The van der Waals surface area contributed by atoms with E-state index < -0.39 is 16.0 Å². The minimum atomic E-state index is -4.05. The molecule has 2 aromatic rings. The number of sulfonamides is 1. The summed E-state index contributed by atoms with van der Waals surface area (Å²) in [5, 5.41) is 8.68. The van der Waals surface area contributed by atoms with Gasteiger partial charge in [-0.3, -0.25) is 4.31 Å². The van der Waals surface area contributed by atoms with E-state index in [1.165, 1.54) is 7.05 Å². The third kappa shape index (κ3) is 3.04. The van der Waals surface area contributed by atoms with Crippen LogP contribution in [0.15, 0.2) is 47.4 Å². The van der Waals surface area contributed by atoms with Crippen molar-refractivity contribution < 1.29 is 18.3 Å². The van der Waals surface area contributed by atoms with Crippen molar-refractivity contribution in [3.05, 3.63) is 58.1 Å². The van der Waals surface area contributed by atoms with Crippen molar-refractivity contribution >= 4 is 44.9 Å². The number of benzene rings is 2. The molecule has 0 amide bonds. The topological polar surface area (TPSA) is 74.7 Å². The molecule has 0 aliphatic rings. The highest BCUT2D eigenvalue weighted by molar-refractivity contribution is 7.93. The van der Waals surface area contributed by atoms with Crippen molar-refractivity contribution in [2.24, 2.45) is 0 Å². The van der Waals surface area contributed by atoms with Gasteiger partial charge in [0.25, 0.3) is 10.0 Å². The first-order valence-electron chi connectivity index (χ1n) is 6.01. The number of hydrogen-bond acceptors (Lipinski definition) is 3. The number of hydrogen-bond donors (Lipinski definition) is 1. The van der Waals surface area contributed by atoms with E-state index in [4.69, 9.17) is 28.3 Å². The zero-order valence-electron chi connectivity index (χ0n) is 11.3. The van der Waals surface area contributed by atoms with Crippen molar-refractivity contribution in [1.82, 2.24) is 0 Å². The van der Waals surface area contributed by atoms with Crippen LogP contribution >= 0.6 is 23.2 Å². The van der Waals surface area contributed by atoms with Gasteiger partial charge in [-0.2, -0.15) is 0 Å². The molecule has 0 atom stereocenters. The largest absolute Gasteiger partial charge is 0.478 e. The number of carboxylic acid groups (broad SMARTS) is 1. The van der Waals surface area contributed by atoms with Crippen molar-refractivity contribution in [1.29, 1.82) is 0 Å². The summed E-state index contributed by atoms with van der Waals surface area (Å²) in [7, 11) is -2.70. The molecule has 2 rings (SSSR count). The Labute approximate surface area is 137 Å². The van der Waals surface area contributed by atoms with Crippen molar-refractivity contribution in [2.75, 3.05) is 11.4 Å². The van der Waals surface area contributed by atoms with Crippen molar-refractivity contribution in [2.45, 2.75) is 4.90 Å². The first-order chi connectivity index (χ1) is 10.2. The third-order valence-corrected chi connectivity index (χ3v) is 5.72. The van der Waals surface area contributed by atoms with E-state index in [0.717, 1.165) is 16.4 Å². The maximum atomic E-state index is 12.7. The van der Waals surface area contributed by atoms with E-state index in [0.29, 0.717) is 5.69 Å². The predicted molar refractivity (Wildman–Crippen MR) is 85.5 cm³/mol. The number of halogens is 2. The summed E-state index contributed by atoms with van der Waals surface area (Å²) in [6, 6.07) is 10.4. The Bertz CT molecular complexity index is 822. The molecule has 0 heterocycles. The molecular formula is C14H11Cl2NO4S. The minimum absolute atomic E-state index is 0.137. The zero-order valence-corrected chi connectivity index (χ0v) is 13.7. The first kappa shape index (κ1) is 16.6. The Hall–Kier alpha value is -1.76. The number of carboxylic acids is 1. The summed E-state index contributed by atoms with van der Waals surface area (Å²) < 4.78 is 26.4. The Kier molecular flexibility index (Phi) is 4.65. The lowest BCUT2D eigenvalue weighted by Gasteiger charge is -2.20. The molecule has 0 saturated heterocycles. The summed E-state index contributed by atoms with van der Waals surface area (Å²) in [4.78, 5) is 10.7. The van der Waals surface area contributed by atoms with Crippen LogP contribution in [-0.2, 0) is 10.0 Å². The van der Waals surface area contributed by atoms with Crippen LogP contribution in [0.25, 0.3) is 0 Å². The van der Waals surface area contributed by atoms with E-state index in [1.807, 2.05) is 0 Å². The van der Waals surface area contributed by atoms with Crippen LogP contribution in [0.5, 0.6) is 0 Å². The smallest absolute Gasteiger partial charge is 0.335 e. The number of aromatic carboxylic acids is 1. The lowest BCUT2D eigenvalue weighted by Crippen LogP contribution is -2.27. The molecule has 0 bridgehead atoms. The highest BCUT2D eigenvalue weighted by Crippen LogP contribution is 2.33. The van der Waals surface area contributed by atoms with E-state index in [1.54, 1.807) is 30.3 Å². The molecule has 0 aliphatic carbocycles. The average Bonchev–Trinajstić information content (AvgIpc) is 2.49. The number of para-hydroxylation sites is 1. The fourth-order valence-corrected chi connectivity index (χ4v) is 3.78. The highest BCUT2D eigenvalue weighted by atomic mass is 35.5. The Balaban J connectivity index is 2.61. The molecule has 0 unspecified atom stereocenters. The van der Waals surface area contributed by atoms with Gasteiger partial charge >= 0.3 is 5.97 Å². The minimum Gasteiger partial charge on any atom is -0.478 e. The first-order valence-corrected chi connectivity index (χ1v) is 8.21. The molecule has 1 N–H and O–H groups in total. The molecule has 2 aromatic carbocycles. The van der Waals surface area contributed by atoms with Gasteiger partial charge < -0.3 is 5.11 Å². The average molecular weight is 360 g/mol. The highest BCUT2D eigenvalue weighted by Gasteiger charge is 2.27. The van der Waals surface area contributed by atoms with E-state index >= 15 is 0 Å². The zero-order chi connectivity index (χ0) is 16.5. The van der Waals surface area contributed by atoms with Gasteiger partial charge in [0.15, 0.2) is 0 Å². The van der Waals surface area contributed by atoms with Gasteiger partial charge in [-0.15, -0.1) is 0 Å². The number of nitrogens with zero attached hydrogens (tertiary/aromatic N) is 1. The van der Waals surface area contributed by atoms with Gasteiger partial charge in [-0.25, -0.2) is 13.2 Å². The molecule has 8 heteroatoms. The summed E-state index contributed by atoms with van der Waals surface area (Å²) in [6.45, 7) is 0. The second kappa shape index (κ2) is 6.16. The summed E-state index contributed by atoms with van der Waals surface area (Å²) in [5.41, 5.74) is 0.157. The second-order valence-electron chi connectivity index (χ2n) is 4.38. The molecule has 22 heavy (non-hydrogen) atoms. The van der Waals surface area contributed by atoms with Gasteiger partial charge in [0, 0.05) is 7.05 Å². The molecule has 0 aromatic heterocycles. The Morgan fingerprint density at radius 3 is 2.27 bits per heavy atom. The molecule has 116 valence electrons. The molecule has 0 saturated carbocycles. The summed E-state index contributed by atoms with van der Waals surface area (Å²) in [6.07, 6.45) is 0. The van der Waals surface area contributed by atoms with Crippen LogP contribution in [0.3, 0.4) is 0 Å². The predicted octanol–water partition coefficient (Wildman–Crippen LogP) is 3.52. The van der Waals surface area contributed by atoms with Crippen LogP contribution in [0.4, 0.5) is 5.69 Å². The van der Waals surface area contributed by atoms with Gasteiger partial charge in [0.1, 0.15) is 4.90 Å². The standard InChI is InChI=1S/C14H11Cl2NO4S/c1-17(10-5-3-2-4-6-10)22(20,21)12-8-9(14(18)19)7-11(15)13(12)16/h2-8H,1H3,(H,18,19). The van der Waals surface area contributed by atoms with Gasteiger partial charge in [0.05, 0.1) is 21.3 Å². The van der Waals surface area contributed by atoms with Gasteiger partial charge in [-0.05, 0) is 24.3 Å². The molecule has 0 fully saturated rings. The molecule has 0 aliphatic heterocycles. The number of carbonyl (C=O) groups is 1. The van der Waals surface area contributed by atoms with E-state index in [2.05, 4.69) is 0 Å². The lowest BCUT2D eigenvalue weighted by molar-refractivity contribution is 0.0696. The SMILES string of the molecule is CN(c1ccccc1)S(=O)(=O)c1cc(C(=O)O)cc(Cl)c1Cl. The second-order valence-corrected chi connectivity index (χ2v) is 7.11. The number of anilines is 1. The maximum Gasteiger partial charge on any atom is 0.335 e. The van der Waals surface area contributed by atoms with Gasteiger partial charge in [0.2, 0.25) is 0 Å². The van der Waals surface area contributed by atoms with Crippen LogP contribution in [0.1, 0.15) is 10.4 Å². The quantitative estimate of drug-likeness (QED) is 0.905. The van der Waals surface area contributed by atoms with E-state index in [9.17, 15) is 13.2 Å². The molecular weight excluding hydrogens is 349 g/mol. The van der Waals surface area contributed by atoms with Crippen molar-refractivity contribution in [3.8, 4) is 0 Å². The monoisotopic (exact) mass is 359 g/mol. The maximum absolute atomic E-state index is 12.7. The molecule has 0 spiro atoms. The number of rotatable bonds is 4. The fourth-order valence-electron chi connectivity index (χ4n) is 1.80. The lowest BCUT2D eigenvalue weighted by atomic mass is 10.2. The van der Waals surface area contributed by atoms with Crippen LogP contribution in [-0.4, -0.2) is 26.5 Å². The fraction of sp³-hybridized carbons (Fsp3) is 0.0714. The summed E-state index contributed by atoms with van der Waals surface area (Å²) >= 11 is 11.8. The van der Waals surface area contributed by atoms with Crippen LogP contribution in [0, 0.1) is 0 Å². The van der Waals surface area contributed by atoms with Crippen molar-refractivity contribution in [3.63, 3.8) is 0 Å². The van der Waals surface area contributed by atoms with Crippen LogP contribution in [0.2, 0.25) is 10.0 Å². The molecule has 5 nitrogen and oxygen atoms in total. The molecule has 0 radical (unpaired) electrons. The van der Waals surface area contributed by atoms with Gasteiger partial charge in [-0.1, -0.05) is 41.4 Å². The summed E-state index contributed by atoms with van der Waals surface area (Å²) in [5.74, 6) is -1.29. The normalized spacial score (nSPS) is 11.2. The van der Waals surface area contributed by atoms with E-state index in [-0.39, 0.29) is 20.5 Å². The third-order valence-electron chi connectivity index (χ3n) is 3.00.